The number of rotatable bonds is 13. The third-order valence-electron chi connectivity index (χ3n) is 5.42. The van der Waals surface area contributed by atoms with E-state index in [4.69, 9.17) is 14.5 Å². The normalized spacial score (nSPS) is 12.7. The van der Waals surface area contributed by atoms with Crippen LogP contribution < -0.4 is 15.5 Å². The summed E-state index contributed by atoms with van der Waals surface area (Å²) in [4.78, 5) is 45.3. The second-order valence-corrected chi connectivity index (χ2v) is 8.18. The van der Waals surface area contributed by atoms with Gasteiger partial charge < -0.3 is 24.3 Å². The molecule has 0 bridgehead atoms. The maximum Gasteiger partial charge on any atom is 0.323 e. The minimum Gasteiger partial charge on any atom is -0.468 e. The molecule has 0 unspecified atom stereocenters. The molecule has 0 aliphatic rings. The first kappa shape index (κ1) is 25.8. The summed E-state index contributed by atoms with van der Waals surface area (Å²) in [6.07, 6.45) is 7.30. The third-order valence-corrected chi connectivity index (χ3v) is 5.42. The zero-order chi connectivity index (χ0) is 25.2. The zero-order valence-corrected chi connectivity index (χ0v) is 20.4. The van der Waals surface area contributed by atoms with Crippen LogP contribution >= 0.6 is 0 Å². The molecule has 0 saturated heterocycles. The maximum absolute atomic E-state index is 12.3. The Morgan fingerprint density at radius 1 is 0.886 bits per heavy atom. The lowest BCUT2D eigenvalue weighted by molar-refractivity contribution is -0.144. The second kappa shape index (κ2) is 12.6. The van der Waals surface area contributed by atoms with Gasteiger partial charge in [-0.2, -0.15) is 0 Å². The number of methoxy groups -OCH3 is 2. The third kappa shape index (κ3) is 7.62. The number of nitrogens with zero attached hydrogens (tertiary/aromatic N) is 4. The van der Waals surface area contributed by atoms with Gasteiger partial charge in [0.25, 0.3) is 0 Å². The number of imidazole rings is 2. The Bertz CT molecular complexity index is 991. The Hall–Kier alpha value is -3.77. The number of anilines is 1. The number of hydrogen-bond donors (Lipinski definition) is 4. The highest BCUT2D eigenvalue weighted by Gasteiger charge is 2.22. The van der Waals surface area contributed by atoms with Gasteiger partial charge in [0.15, 0.2) is 0 Å². The lowest BCUT2D eigenvalue weighted by atomic mass is 10.1. The molecule has 0 fully saturated rings. The van der Waals surface area contributed by atoms with E-state index >= 15 is 0 Å². The highest BCUT2D eigenvalue weighted by molar-refractivity contribution is 5.76. The highest BCUT2D eigenvalue weighted by Crippen LogP contribution is 2.16. The molecule has 35 heavy (non-hydrogen) atoms. The summed E-state index contributed by atoms with van der Waals surface area (Å²) in [6.45, 7) is 0.689. The number of pyridine rings is 1. The standard InChI is InChI=1S/C23H32N8O4/c1-31(2)19-5-17(11-26-20(22(32)34-3)7-15-9-24-13-28-15)30-18(6-19)12-27-21(23(33)35-4)8-16-10-25-14-29-16/h5-6,9-10,13-14,20-21,26-27H,7-8,11-12H2,1-4H3,(H,24,28)(H,25,29)/t20-,21-/m1/s1. The number of esters is 2. The first-order valence-corrected chi connectivity index (χ1v) is 11.1. The second-order valence-electron chi connectivity index (χ2n) is 8.18. The molecule has 3 rings (SSSR count). The molecule has 0 spiro atoms. The van der Waals surface area contributed by atoms with Crippen molar-refractivity contribution in [1.82, 2.24) is 35.6 Å². The maximum atomic E-state index is 12.3. The van der Waals surface area contributed by atoms with Crippen molar-refractivity contribution in [1.29, 1.82) is 0 Å². The monoisotopic (exact) mass is 484 g/mol. The number of aromatic amines is 2. The van der Waals surface area contributed by atoms with Crippen LogP contribution in [0.15, 0.2) is 37.2 Å². The molecule has 0 radical (unpaired) electrons. The van der Waals surface area contributed by atoms with Crippen LogP contribution in [-0.4, -0.2) is 77.3 Å². The molecule has 12 nitrogen and oxygen atoms in total. The Morgan fingerprint density at radius 3 is 1.69 bits per heavy atom. The summed E-state index contributed by atoms with van der Waals surface area (Å²) < 4.78 is 9.90. The van der Waals surface area contributed by atoms with E-state index in [0.717, 1.165) is 28.5 Å². The molecule has 0 amide bonds. The summed E-state index contributed by atoms with van der Waals surface area (Å²) in [5.41, 5.74) is 4.07. The minimum atomic E-state index is -0.565. The summed E-state index contributed by atoms with van der Waals surface area (Å²) in [7, 11) is 6.60. The molecule has 0 aliphatic heterocycles. The van der Waals surface area contributed by atoms with Crippen LogP contribution in [0.5, 0.6) is 0 Å². The van der Waals surface area contributed by atoms with Crippen molar-refractivity contribution < 1.29 is 19.1 Å². The Balaban J connectivity index is 1.71. The minimum absolute atomic E-state index is 0.344. The largest absolute Gasteiger partial charge is 0.468 e. The molecule has 3 heterocycles. The Morgan fingerprint density at radius 2 is 1.34 bits per heavy atom. The van der Waals surface area contributed by atoms with Crippen LogP contribution in [0.2, 0.25) is 0 Å². The molecule has 0 saturated carbocycles. The summed E-state index contributed by atoms with van der Waals surface area (Å²) in [5.74, 6) is -0.741. The van der Waals surface area contributed by atoms with Crippen molar-refractivity contribution in [2.24, 2.45) is 0 Å². The van der Waals surface area contributed by atoms with Crippen LogP contribution in [0.25, 0.3) is 0 Å². The van der Waals surface area contributed by atoms with Gasteiger partial charge in [-0.15, -0.1) is 0 Å². The van der Waals surface area contributed by atoms with Crippen molar-refractivity contribution in [3.63, 3.8) is 0 Å². The average Bonchev–Trinajstić information content (AvgIpc) is 3.57. The molecule has 0 aromatic carbocycles. The van der Waals surface area contributed by atoms with Crippen molar-refractivity contribution in [2.75, 3.05) is 33.2 Å². The van der Waals surface area contributed by atoms with Crippen molar-refractivity contribution >= 4 is 17.6 Å². The number of carbonyl (C=O) groups is 2. The Kier molecular flexibility index (Phi) is 9.32. The first-order valence-electron chi connectivity index (χ1n) is 11.1. The summed E-state index contributed by atoms with van der Waals surface area (Å²) >= 11 is 0. The topological polar surface area (TPSA) is 150 Å². The molecule has 2 atom stereocenters. The van der Waals surface area contributed by atoms with E-state index in [-0.39, 0.29) is 11.9 Å². The van der Waals surface area contributed by atoms with E-state index < -0.39 is 12.1 Å². The van der Waals surface area contributed by atoms with Crippen LogP contribution in [0, 0.1) is 0 Å². The molecule has 3 aromatic rings. The van der Waals surface area contributed by atoms with Gasteiger partial charge >= 0.3 is 11.9 Å². The van der Waals surface area contributed by atoms with Gasteiger partial charge in [0.05, 0.1) is 38.3 Å². The molecular weight excluding hydrogens is 452 g/mol. The van der Waals surface area contributed by atoms with Gasteiger partial charge in [-0.05, 0) is 12.1 Å². The molecule has 12 heteroatoms. The fourth-order valence-electron chi connectivity index (χ4n) is 3.52. The Labute approximate surface area is 203 Å². The van der Waals surface area contributed by atoms with Gasteiger partial charge in [0.1, 0.15) is 12.1 Å². The van der Waals surface area contributed by atoms with E-state index in [9.17, 15) is 9.59 Å². The SMILES string of the molecule is COC(=O)[C@@H](Cc1cnc[nH]1)NCc1cc(N(C)C)cc(CN[C@H](Cc2cnc[nH]2)C(=O)OC)n1. The fraction of sp³-hybridized carbons (Fsp3) is 0.435. The van der Waals surface area contributed by atoms with Gasteiger partial charge in [-0.3, -0.25) is 25.2 Å². The van der Waals surface area contributed by atoms with Gasteiger partial charge in [0.2, 0.25) is 0 Å². The van der Waals surface area contributed by atoms with Crippen molar-refractivity contribution in [2.45, 2.75) is 38.0 Å². The molecule has 4 N–H and O–H groups in total. The first-order chi connectivity index (χ1) is 16.9. The van der Waals surface area contributed by atoms with E-state index in [1.165, 1.54) is 14.2 Å². The fourth-order valence-corrected chi connectivity index (χ4v) is 3.52. The predicted octanol–water partition coefficient (Wildman–Crippen LogP) is 0.342. The molecule has 0 aliphatic carbocycles. The predicted molar refractivity (Wildman–Crippen MR) is 128 cm³/mol. The van der Waals surface area contributed by atoms with E-state index in [0.29, 0.717) is 25.9 Å². The van der Waals surface area contributed by atoms with Crippen LogP contribution in [0.3, 0.4) is 0 Å². The lowest BCUT2D eigenvalue weighted by Crippen LogP contribution is -2.40. The number of hydrogen-bond acceptors (Lipinski definition) is 10. The van der Waals surface area contributed by atoms with Gasteiger partial charge in [-0.25, -0.2) is 9.97 Å². The van der Waals surface area contributed by atoms with E-state index in [2.05, 4.69) is 30.6 Å². The van der Waals surface area contributed by atoms with E-state index in [1.54, 1.807) is 25.0 Å². The highest BCUT2D eigenvalue weighted by atomic mass is 16.5. The number of H-pyrrole nitrogens is 2. The molecular formula is C23H32N8O4. The summed E-state index contributed by atoms with van der Waals surface area (Å²) in [5, 5.41) is 6.46. The quantitative estimate of drug-likeness (QED) is 0.250. The van der Waals surface area contributed by atoms with Gasteiger partial charge in [0, 0.05) is 69.5 Å². The zero-order valence-electron chi connectivity index (χ0n) is 20.4. The summed E-state index contributed by atoms with van der Waals surface area (Å²) in [6, 6.07) is 2.77. The van der Waals surface area contributed by atoms with Gasteiger partial charge in [-0.1, -0.05) is 0 Å². The number of ether oxygens (including phenoxy) is 2. The number of nitrogens with one attached hydrogen (secondary N) is 4. The smallest absolute Gasteiger partial charge is 0.323 e. The molecule has 188 valence electrons. The average molecular weight is 485 g/mol. The van der Waals surface area contributed by atoms with Crippen LogP contribution in [0.1, 0.15) is 22.8 Å². The number of carbonyl (C=O) groups excluding carboxylic acids is 2. The van der Waals surface area contributed by atoms with Crippen molar-refractivity contribution in [3.05, 3.63) is 60.0 Å². The van der Waals surface area contributed by atoms with Crippen molar-refractivity contribution in [3.8, 4) is 0 Å². The van der Waals surface area contributed by atoms with E-state index in [1.807, 2.05) is 31.1 Å². The number of aromatic nitrogens is 5. The van der Waals surface area contributed by atoms with Crippen LogP contribution in [-0.2, 0) is 45.0 Å². The molecule has 3 aromatic heterocycles. The van der Waals surface area contributed by atoms with Crippen LogP contribution in [0.4, 0.5) is 5.69 Å². The lowest BCUT2D eigenvalue weighted by Gasteiger charge is -2.20.